The SMILES string of the molecule is CCCCCCCCCCCCCOC(CCC)OS(=O)(=O)O. The summed E-state index contributed by atoms with van der Waals surface area (Å²) in [6.45, 7) is 4.62. The molecule has 0 spiro atoms. The summed E-state index contributed by atoms with van der Waals surface area (Å²) in [5, 5.41) is 0. The van der Waals surface area contributed by atoms with Gasteiger partial charge in [0.25, 0.3) is 0 Å². The molecule has 140 valence electrons. The molecule has 1 atom stereocenters. The summed E-state index contributed by atoms with van der Waals surface area (Å²) >= 11 is 0. The molecule has 0 aromatic heterocycles. The van der Waals surface area contributed by atoms with Gasteiger partial charge < -0.3 is 4.74 Å². The summed E-state index contributed by atoms with van der Waals surface area (Å²) < 4.78 is 39.9. The summed E-state index contributed by atoms with van der Waals surface area (Å²) in [4.78, 5) is 0. The molecular weight excluding hydrogens is 316 g/mol. The third-order valence-corrected chi connectivity index (χ3v) is 4.26. The first kappa shape index (κ1) is 22.8. The number of unbranched alkanes of at least 4 members (excludes halogenated alkanes) is 10. The van der Waals surface area contributed by atoms with E-state index in [0.29, 0.717) is 13.0 Å². The van der Waals surface area contributed by atoms with Gasteiger partial charge in [0.1, 0.15) is 0 Å². The van der Waals surface area contributed by atoms with Crippen molar-refractivity contribution in [3.63, 3.8) is 0 Å². The maximum atomic E-state index is 10.7. The van der Waals surface area contributed by atoms with Gasteiger partial charge in [-0.25, -0.2) is 4.18 Å². The zero-order chi connectivity index (χ0) is 17.4. The second kappa shape index (κ2) is 15.4. The first-order valence-corrected chi connectivity index (χ1v) is 10.6. The van der Waals surface area contributed by atoms with Gasteiger partial charge in [0.05, 0.1) is 0 Å². The fourth-order valence-corrected chi connectivity index (χ4v) is 2.93. The molecule has 0 radical (unpaired) electrons. The van der Waals surface area contributed by atoms with E-state index < -0.39 is 16.7 Å². The largest absolute Gasteiger partial charge is 0.399 e. The Balaban J connectivity index is 3.42. The van der Waals surface area contributed by atoms with Crippen LogP contribution in [0.5, 0.6) is 0 Å². The van der Waals surface area contributed by atoms with Crippen LogP contribution in [0.2, 0.25) is 0 Å². The Morgan fingerprint density at radius 2 is 1.26 bits per heavy atom. The van der Waals surface area contributed by atoms with Gasteiger partial charge in [0.15, 0.2) is 6.29 Å². The second-order valence-corrected chi connectivity index (χ2v) is 7.20. The van der Waals surface area contributed by atoms with Gasteiger partial charge in [0.2, 0.25) is 0 Å². The molecule has 0 bridgehead atoms. The summed E-state index contributed by atoms with van der Waals surface area (Å²) in [6, 6.07) is 0. The summed E-state index contributed by atoms with van der Waals surface area (Å²) in [5.74, 6) is 0. The van der Waals surface area contributed by atoms with E-state index in [0.717, 1.165) is 19.3 Å². The van der Waals surface area contributed by atoms with Gasteiger partial charge in [-0.1, -0.05) is 84.5 Å². The van der Waals surface area contributed by atoms with Crippen molar-refractivity contribution in [2.75, 3.05) is 6.61 Å². The maximum absolute atomic E-state index is 10.7. The van der Waals surface area contributed by atoms with Gasteiger partial charge >= 0.3 is 10.4 Å². The Bertz CT molecular complexity index is 343. The van der Waals surface area contributed by atoms with Crippen LogP contribution in [0.3, 0.4) is 0 Å². The lowest BCUT2D eigenvalue weighted by molar-refractivity contribution is -0.0867. The average Bonchev–Trinajstić information content (AvgIpc) is 2.47. The molecule has 0 aliphatic carbocycles. The van der Waals surface area contributed by atoms with Gasteiger partial charge in [0, 0.05) is 6.61 Å². The number of hydrogen-bond acceptors (Lipinski definition) is 4. The van der Waals surface area contributed by atoms with E-state index in [-0.39, 0.29) is 0 Å². The smallest absolute Gasteiger partial charge is 0.351 e. The lowest BCUT2D eigenvalue weighted by atomic mass is 10.1. The van der Waals surface area contributed by atoms with Crippen molar-refractivity contribution in [1.29, 1.82) is 0 Å². The van der Waals surface area contributed by atoms with E-state index >= 15 is 0 Å². The minimum atomic E-state index is -4.44. The zero-order valence-electron chi connectivity index (χ0n) is 15.0. The van der Waals surface area contributed by atoms with Crippen LogP contribution in [-0.4, -0.2) is 25.9 Å². The highest BCUT2D eigenvalue weighted by molar-refractivity contribution is 7.80. The van der Waals surface area contributed by atoms with E-state index in [1.165, 1.54) is 57.8 Å². The van der Waals surface area contributed by atoms with Crippen LogP contribution in [0, 0.1) is 0 Å². The third-order valence-electron chi connectivity index (χ3n) is 3.80. The van der Waals surface area contributed by atoms with Crippen LogP contribution < -0.4 is 0 Å². The van der Waals surface area contributed by atoms with E-state index in [2.05, 4.69) is 11.1 Å². The third kappa shape index (κ3) is 18.0. The lowest BCUT2D eigenvalue weighted by Gasteiger charge is -2.15. The molecule has 23 heavy (non-hydrogen) atoms. The van der Waals surface area contributed by atoms with Crippen molar-refractivity contribution in [1.82, 2.24) is 0 Å². The van der Waals surface area contributed by atoms with Gasteiger partial charge in [-0.15, -0.1) is 0 Å². The van der Waals surface area contributed by atoms with E-state index in [1.807, 2.05) is 6.92 Å². The van der Waals surface area contributed by atoms with E-state index in [4.69, 9.17) is 9.29 Å². The molecule has 0 aromatic rings. The molecule has 0 aromatic carbocycles. The molecule has 1 N–H and O–H groups in total. The summed E-state index contributed by atoms with van der Waals surface area (Å²) in [7, 11) is -4.44. The minimum absolute atomic E-state index is 0.456. The Kier molecular flexibility index (Phi) is 15.2. The van der Waals surface area contributed by atoms with Crippen LogP contribution in [0.15, 0.2) is 0 Å². The summed E-state index contributed by atoms with van der Waals surface area (Å²) in [5.41, 5.74) is 0. The van der Waals surface area contributed by atoms with Crippen LogP contribution >= 0.6 is 0 Å². The van der Waals surface area contributed by atoms with Crippen molar-refractivity contribution >= 4 is 10.4 Å². The van der Waals surface area contributed by atoms with E-state index in [1.54, 1.807) is 0 Å². The fraction of sp³-hybridized carbons (Fsp3) is 1.00. The molecule has 0 fully saturated rings. The second-order valence-electron chi connectivity index (χ2n) is 6.15. The van der Waals surface area contributed by atoms with Crippen LogP contribution in [0.4, 0.5) is 0 Å². The van der Waals surface area contributed by atoms with Crippen LogP contribution in [0.25, 0.3) is 0 Å². The maximum Gasteiger partial charge on any atom is 0.399 e. The van der Waals surface area contributed by atoms with Crippen molar-refractivity contribution in [2.24, 2.45) is 0 Å². The highest BCUT2D eigenvalue weighted by atomic mass is 32.3. The predicted octanol–water partition coefficient (Wildman–Crippen LogP) is 5.26. The molecule has 6 heteroatoms. The number of ether oxygens (including phenoxy) is 1. The fourth-order valence-electron chi connectivity index (χ4n) is 2.51. The van der Waals surface area contributed by atoms with Crippen molar-refractivity contribution in [3.8, 4) is 0 Å². The minimum Gasteiger partial charge on any atom is -0.351 e. The standard InChI is InChI=1S/C17H36O5S/c1-3-5-6-7-8-9-10-11-12-13-14-16-21-17(15-4-2)22-23(18,19)20/h17H,3-16H2,1-2H3,(H,18,19,20). The Morgan fingerprint density at radius 1 is 0.783 bits per heavy atom. The topological polar surface area (TPSA) is 72.8 Å². The Morgan fingerprint density at radius 3 is 1.70 bits per heavy atom. The molecule has 1 unspecified atom stereocenters. The van der Waals surface area contributed by atoms with Gasteiger partial charge in [-0.2, -0.15) is 8.42 Å². The molecule has 0 heterocycles. The number of hydrogen-bond donors (Lipinski definition) is 1. The lowest BCUT2D eigenvalue weighted by Crippen LogP contribution is -2.21. The molecule has 0 amide bonds. The van der Waals surface area contributed by atoms with Crippen LogP contribution in [-0.2, 0) is 19.3 Å². The molecule has 0 saturated carbocycles. The van der Waals surface area contributed by atoms with Crippen molar-refractivity contribution in [2.45, 2.75) is 104 Å². The normalized spacial score (nSPS) is 13.3. The Hall–Kier alpha value is -0.170. The zero-order valence-corrected chi connectivity index (χ0v) is 15.8. The molecule has 0 aliphatic rings. The van der Waals surface area contributed by atoms with Gasteiger partial charge in [-0.3, -0.25) is 4.55 Å². The van der Waals surface area contributed by atoms with Crippen molar-refractivity contribution < 1.29 is 21.9 Å². The van der Waals surface area contributed by atoms with Gasteiger partial charge in [-0.05, 0) is 12.8 Å². The first-order valence-electron chi connectivity index (χ1n) is 9.27. The summed E-state index contributed by atoms with van der Waals surface area (Å²) in [6.07, 6.45) is 14.2. The first-order chi connectivity index (χ1) is 11.0. The number of rotatable bonds is 17. The average molecular weight is 353 g/mol. The molecule has 0 rings (SSSR count). The predicted molar refractivity (Wildman–Crippen MR) is 93.7 cm³/mol. The molecular formula is C17H36O5S. The molecule has 5 nitrogen and oxygen atoms in total. The van der Waals surface area contributed by atoms with E-state index in [9.17, 15) is 8.42 Å². The van der Waals surface area contributed by atoms with Crippen molar-refractivity contribution in [3.05, 3.63) is 0 Å². The monoisotopic (exact) mass is 352 g/mol. The Labute approximate surface area is 143 Å². The quantitative estimate of drug-likeness (QED) is 0.220. The highest BCUT2D eigenvalue weighted by Gasteiger charge is 2.16. The highest BCUT2D eigenvalue weighted by Crippen LogP contribution is 2.12. The molecule has 0 aliphatic heterocycles. The van der Waals surface area contributed by atoms with Crippen LogP contribution in [0.1, 0.15) is 97.3 Å². The molecule has 0 saturated heterocycles.